The molecule has 0 spiro atoms. The minimum atomic E-state index is -0.680. The molecule has 2 aliphatic rings. The number of benzene rings is 2. The molecule has 0 N–H and O–H groups in total. The maximum atomic E-state index is 12.5. The van der Waals surface area contributed by atoms with E-state index in [0.29, 0.717) is 48.5 Å². The van der Waals surface area contributed by atoms with E-state index in [1.807, 2.05) is 31.2 Å². The van der Waals surface area contributed by atoms with Crippen molar-refractivity contribution in [3.63, 3.8) is 0 Å². The summed E-state index contributed by atoms with van der Waals surface area (Å²) < 4.78 is 18.8. The fraction of sp³-hybridized carbons (Fsp3) is 0.360. The number of nitro groups is 1. The van der Waals surface area contributed by atoms with Gasteiger partial charge in [0.1, 0.15) is 25.2 Å². The zero-order valence-corrected chi connectivity index (χ0v) is 22.0. The highest BCUT2D eigenvalue weighted by Gasteiger charge is 2.41. The van der Waals surface area contributed by atoms with Gasteiger partial charge in [0.25, 0.3) is 0 Å². The van der Waals surface area contributed by atoms with Crippen LogP contribution in [0.3, 0.4) is 0 Å². The first-order valence-electron chi connectivity index (χ1n) is 11.9. The smallest absolute Gasteiger partial charge is 0.415 e. The summed E-state index contributed by atoms with van der Waals surface area (Å²) >= 11 is 11.9. The average molecular weight is 562 g/mol. The Morgan fingerprint density at radius 1 is 1.13 bits per heavy atom. The third kappa shape index (κ3) is 5.73. The van der Waals surface area contributed by atoms with Crippen molar-refractivity contribution in [1.29, 1.82) is 0 Å². The van der Waals surface area contributed by atoms with Crippen molar-refractivity contribution >= 4 is 40.8 Å². The third-order valence-corrected chi connectivity index (χ3v) is 7.13. The molecular weight excluding hydrogens is 537 g/mol. The molecule has 38 heavy (non-hydrogen) atoms. The standard InChI is InChI=1S/C25H25Cl2N5O6/c1-25(15-31-13-22(32(34)35)28-23(31)38-25)16-37-19-5-3-18(4-6-19)29-8-10-30(11-9-29)24(33)36-14-17-2-7-20(26)21(27)12-17/h2-7,12-13H,8-11,14-16H2,1H3/t25-/m1/s1. The summed E-state index contributed by atoms with van der Waals surface area (Å²) in [5, 5.41) is 11.8. The van der Waals surface area contributed by atoms with Crippen molar-refractivity contribution in [3.8, 4) is 11.8 Å². The van der Waals surface area contributed by atoms with Gasteiger partial charge in [-0.05, 0) is 53.8 Å². The molecule has 5 rings (SSSR count). The van der Waals surface area contributed by atoms with Crippen molar-refractivity contribution in [2.45, 2.75) is 25.7 Å². The van der Waals surface area contributed by atoms with Crippen LogP contribution in [0.15, 0.2) is 48.7 Å². The first-order chi connectivity index (χ1) is 18.2. The normalized spacial score (nSPS) is 18.6. The molecule has 3 heterocycles. The van der Waals surface area contributed by atoms with Gasteiger partial charge < -0.3 is 34.1 Å². The molecule has 200 valence electrons. The quantitative estimate of drug-likeness (QED) is 0.299. The van der Waals surface area contributed by atoms with Gasteiger partial charge in [0.2, 0.25) is 0 Å². The highest BCUT2D eigenvalue weighted by Crippen LogP contribution is 2.32. The molecule has 1 amide bonds. The maximum absolute atomic E-state index is 12.5. The van der Waals surface area contributed by atoms with Crippen molar-refractivity contribution < 1.29 is 23.9 Å². The summed E-state index contributed by atoms with van der Waals surface area (Å²) in [5.41, 5.74) is 1.12. The number of aromatic nitrogens is 2. The molecule has 0 unspecified atom stereocenters. The van der Waals surface area contributed by atoms with Crippen molar-refractivity contribution in [1.82, 2.24) is 14.5 Å². The van der Waals surface area contributed by atoms with Gasteiger partial charge in [-0.25, -0.2) is 4.79 Å². The van der Waals surface area contributed by atoms with Gasteiger partial charge in [-0.1, -0.05) is 29.3 Å². The number of amides is 1. The summed E-state index contributed by atoms with van der Waals surface area (Å²) in [6.45, 7) is 5.09. The fourth-order valence-electron chi connectivity index (χ4n) is 4.36. The monoisotopic (exact) mass is 561 g/mol. The van der Waals surface area contributed by atoms with Gasteiger partial charge in [0.05, 0.1) is 16.6 Å². The Bertz CT molecular complexity index is 1320. The van der Waals surface area contributed by atoms with E-state index in [-0.39, 0.29) is 31.1 Å². The lowest BCUT2D eigenvalue weighted by Crippen LogP contribution is -2.48. The van der Waals surface area contributed by atoms with Crippen LogP contribution in [-0.2, 0) is 17.9 Å². The van der Waals surface area contributed by atoms with Gasteiger partial charge in [0, 0.05) is 36.9 Å². The second-order valence-corrected chi connectivity index (χ2v) is 10.2. The van der Waals surface area contributed by atoms with Crippen LogP contribution in [0.1, 0.15) is 12.5 Å². The number of carbonyl (C=O) groups is 1. The minimum Gasteiger partial charge on any atom is -0.489 e. The van der Waals surface area contributed by atoms with Gasteiger partial charge in [-0.2, -0.15) is 0 Å². The summed E-state index contributed by atoms with van der Waals surface area (Å²) in [6, 6.07) is 13.1. The molecule has 0 bridgehead atoms. The lowest BCUT2D eigenvalue weighted by Gasteiger charge is -2.35. The largest absolute Gasteiger partial charge is 0.489 e. The number of hydrogen-bond donors (Lipinski definition) is 0. The van der Waals surface area contributed by atoms with Crippen LogP contribution >= 0.6 is 23.2 Å². The van der Waals surface area contributed by atoms with Gasteiger partial charge in [-0.15, -0.1) is 0 Å². The number of piperazine rings is 1. The van der Waals surface area contributed by atoms with Crippen molar-refractivity contribution in [3.05, 3.63) is 74.4 Å². The van der Waals surface area contributed by atoms with Gasteiger partial charge in [-0.3, -0.25) is 4.57 Å². The molecule has 3 aromatic rings. The minimum absolute atomic E-state index is 0.129. The number of fused-ring (bicyclic) bond motifs is 1. The van der Waals surface area contributed by atoms with Crippen LogP contribution in [0.5, 0.6) is 11.8 Å². The molecule has 1 atom stereocenters. The maximum Gasteiger partial charge on any atom is 0.415 e. The zero-order valence-electron chi connectivity index (χ0n) is 20.5. The van der Waals surface area contributed by atoms with E-state index in [0.717, 1.165) is 11.3 Å². The average Bonchev–Trinajstić information content (AvgIpc) is 3.44. The molecule has 2 aliphatic heterocycles. The van der Waals surface area contributed by atoms with Gasteiger partial charge in [0.15, 0.2) is 5.60 Å². The summed E-state index contributed by atoms with van der Waals surface area (Å²) in [5.74, 6) is 0.443. The van der Waals surface area contributed by atoms with Crippen LogP contribution < -0.4 is 14.4 Å². The Kier molecular flexibility index (Phi) is 7.22. The lowest BCUT2D eigenvalue weighted by atomic mass is 10.1. The van der Waals surface area contributed by atoms with Crippen LogP contribution in [0.25, 0.3) is 0 Å². The lowest BCUT2D eigenvalue weighted by molar-refractivity contribution is -0.389. The zero-order chi connectivity index (χ0) is 26.9. The highest BCUT2D eigenvalue weighted by atomic mass is 35.5. The van der Waals surface area contributed by atoms with Crippen molar-refractivity contribution in [2.75, 3.05) is 37.7 Å². The summed E-state index contributed by atoms with van der Waals surface area (Å²) in [7, 11) is 0. The van der Waals surface area contributed by atoms with E-state index < -0.39 is 10.5 Å². The number of rotatable bonds is 7. The predicted molar refractivity (Wildman–Crippen MR) is 140 cm³/mol. The van der Waals surface area contributed by atoms with E-state index in [2.05, 4.69) is 9.88 Å². The van der Waals surface area contributed by atoms with E-state index in [1.54, 1.807) is 27.7 Å². The molecular formula is C25H25Cl2N5O6. The molecule has 0 aliphatic carbocycles. The third-order valence-electron chi connectivity index (χ3n) is 6.39. The van der Waals surface area contributed by atoms with Crippen molar-refractivity contribution in [2.24, 2.45) is 0 Å². The molecule has 1 aromatic heterocycles. The van der Waals surface area contributed by atoms with E-state index >= 15 is 0 Å². The van der Waals surface area contributed by atoms with E-state index in [4.69, 9.17) is 37.4 Å². The Labute approximate surface area is 228 Å². The highest BCUT2D eigenvalue weighted by molar-refractivity contribution is 6.42. The van der Waals surface area contributed by atoms with Crippen LogP contribution in [0.4, 0.5) is 16.3 Å². The van der Waals surface area contributed by atoms with Gasteiger partial charge >= 0.3 is 17.9 Å². The number of carbonyl (C=O) groups excluding carboxylic acids is 1. The predicted octanol–water partition coefficient (Wildman–Crippen LogP) is 4.79. The Morgan fingerprint density at radius 2 is 1.87 bits per heavy atom. The number of anilines is 1. The molecule has 11 nitrogen and oxygen atoms in total. The van der Waals surface area contributed by atoms with Crippen LogP contribution in [-0.4, -0.2) is 63.9 Å². The summed E-state index contributed by atoms with van der Waals surface area (Å²) in [6.07, 6.45) is 1.00. The van der Waals surface area contributed by atoms with Crippen LogP contribution in [0.2, 0.25) is 10.0 Å². The molecule has 13 heteroatoms. The van der Waals surface area contributed by atoms with E-state index in [9.17, 15) is 14.9 Å². The van der Waals surface area contributed by atoms with Crippen LogP contribution in [0, 0.1) is 10.1 Å². The number of hydrogen-bond acceptors (Lipinski definition) is 8. The number of imidazole rings is 1. The molecule has 0 saturated carbocycles. The number of ether oxygens (including phenoxy) is 3. The Morgan fingerprint density at radius 3 is 2.53 bits per heavy atom. The second kappa shape index (κ2) is 10.6. The second-order valence-electron chi connectivity index (χ2n) is 9.38. The molecule has 1 fully saturated rings. The first-order valence-corrected chi connectivity index (χ1v) is 12.7. The first kappa shape index (κ1) is 25.9. The summed E-state index contributed by atoms with van der Waals surface area (Å²) in [4.78, 5) is 30.6. The number of nitrogens with zero attached hydrogens (tertiary/aromatic N) is 5. The number of halogens is 2. The topological polar surface area (TPSA) is 112 Å². The fourth-order valence-corrected chi connectivity index (χ4v) is 4.68. The van der Waals surface area contributed by atoms with E-state index in [1.165, 1.54) is 6.20 Å². The molecule has 1 saturated heterocycles. The molecule has 2 aromatic carbocycles. The Balaban J connectivity index is 1.07. The Hall–Kier alpha value is -3.70. The SMILES string of the molecule is C[C@]1(COc2ccc(N3CCN(C(=O)OCc4ccc(Cl)c(Cl)c4)CC3)cc2)Cn2cc([N+](=O)[O-])nc2O1. The molecule has 0 radical (unpaired) electrons.